The Balaban J connectivity index is 0.978. The molecule has 0 amide bonds. The lowest BCUT2D eigenvalue weighted by Crippen LogP contribution is -2.28. The lowest BCUT2D eigenvalue weighted by molar-refractivity contribution is 0.768. The molecule has 0 saturated heterocycles. The minimum Gasteiger partial charge on any atom is -0.310 e. The first kappa shape index (κ1) is 38.7. The predicted octanol–water partition coefficient (Wildman–Crippen LogP) is 17.8. The first-order valence-corrected chi connectivity index (χ1v) is 24.2. The van der Waals surface area contributed by atoms with Crippen molar-refractivity contribution >= 4 is 81.1 Å². The number of nitrogens with zero attached hydrogens (tertiary/aromatic N) is 2. The number of fused-ring (bicyclic) bond motifs is 11. The first-order valence-electron chi connectivity index (χ1n) is 23.4. The Hall–Kier alpha value is -8.50. The van der Waals surface area contributed by atoms with Gasteiger partial charge in [0.15, 0.2) is 0 Å². The van der Waals surface area contributed by atoms with Crippen molar-refractivity contribution in [3.63, 3.8) is 0 Å². The topological polar surface area (TPSA) is 8.17 Å². The van der Waals surface area contributed by atoms with Crippen LogP contribution in [0.4, 0.5) is 17.1 Å². The highest BCUT2D eigenvalue weighted by molar-refractivity contribution is 7.27. The third-order valence-corrected chi connectivity index (χ3v) is 15.8. The van der Waals surface area contributed by atoms with Crippen molar-refractivity contribution in [2.75, 3.05) is 4.90 Å². The number of para-hydroxylation sites is 2. The van der Waals surface area contributed by atoms with Crippen molar-refractivity contribution < 1.29 is 0 Å². The average Bonchev–Trinajstić information content (AvgIpc) is 4.07. The van der Waals surface area contributed by atoms with Crippen LogP contribution in [0.25, 0.3) is 80.7 Å². The van der Waals surface area contributed by atoms with Gasteiger partial charge in [0.2, 0.25) is 0 Å². The van der Waals surface area contributed by atoms with E-state index < -0.39 is 5.41 Å². The second-order valence-corrected chi connectivity index (χ2v) is 19.0. The molecule has 2 nitrogen and oxygen atoms in total. The van der Waals surface area contributed by atoms with E-state index in [4.69, 9.17) is 0 Å². The fraction of sp³-hybridized carbons (Fsp3) is 0.0154. The molecule has 3 heteroatoms. The summed E-state index contributed by atoms with van der Waals surface area (Å²) in [5.74, 6) is 0. The molecule has 0 radical (unpaired) electrons. The van der Waals surface area contributed by atoms with Crippen LogP contribution < -0.4 is 4.90 Å². The molecule has 0 spiro atoms. The normalized spacial score (nSPS) is 12.8. The number of anilines is 3. The fourth-order valence-electron chi connectivity index (χ4n) is 11.6. The standard InChI is InChI=1S/C65H42N2S/c1-3-18-45(19-4-1)65(46-20-5-2-6-21-46)57-28-12-9-25-56(57)62-58(65)29-16-32-61(62)66(48-38-40-49(41-39-48)67-59-30-13-10-23-52(59)53-24-11-14-31-60(53)67)47-36-33-44(34-37-47)51-26-15-27-54-55-42-35-43-17-7-8-22-50(43)64(55)68-63(51)54/h1-42H. The summed E-state index contributed by atoms with van der Waals surface area (Å²) in [5, 5.41) is 7.73. The van der Waals surface area contributed by atoms with E-state index in [1.165, 1.54) is 97.3 Å². The molecule has 1 aliphatic rings. The number of benzene rings is 11. The van der Waals surface area contributed by atoms with Gasteiger partial charge in [0.1, 0.15) is 0 Å². The van der Waals surface area contributed by atoms with Gasteiger partial charge in [0.25, 0.3) is 0 Å². The summed E-state index contributed by atoms with van der Waals surface area (Å²) in [7, 11) is 0. The van der Waals surface area contributed by atoms with Gasteiger partial charge >= 0.3 is 0 Å². The highest BCUT2D eigenvalue weighted by atomic mass is 32.1. The Bertz CT molecular complexity index is 3980. The van der Waals surface area contributed by atoms with Crippen molar-refractivity contribution in [2.24, 2.45) is 0 Å². The Labute approximate surface area is 398 Å². The van der Waals surface area contributed by atoms with Gasteiger partial charge in [0, 0.05) is 53.6 Å². The summed E-state index contributed by atoms with van der Waals surface area (Å²) in [6.45, 7) is 0. The Morgan fingerprint density at radius 2 is 0.882 bits per heavy atom. The molecule has 2 aromatic heterocycles. The zero-order chi connectivity index (χ0) is 44.8. The molecule has 0 saturated carbocycles. The summed E-state index contributed by atoms with van der Waals surface area (Å²) >= 11 is 1.91. The molecular formula is C65H42N2S. The lowest BCUT2D eigenvalue weighted by atomic mass is 9.68. The molecule has 0 aliphatic heterocycles. The molecule has 318 valence electrons. The summed E-state index contributed by atoms with van der Waals surface area (Å²) in [6.07, 6.45) is 0. The van der Waals surface area contributed by atoms with E-state index in [0.29, 0.717) is 0 Å². The fourth-order valence-corrected chi connectivity index (χ4v) is 13.0. The van der Waals surface area contributed by atoms with Gasteiger partial charge in [-0.05, 0) is 104 Å². The van der Waals surface area contributed by atoms with Crippen molar-refractivity contribution in [1.82, 2.24) is 4.57 Å². The maximum atomic E-state index is 2.48. The Kier molecular flexibility index (Phi) is 8.71. The zero-order valence-electron chi connectivity index (χ0n) is 37.1. The second kappa shape index (κ2) is 15.3. The van der Waals surface area contributed by atoms with Crippen LogP contribution in [0.2, 0.25) is 0 Å². The van der Waals surface area contributed by atoms with Gasteiger partial charge in [-0.3, -0.25) is 0 Å². The van der Waals surface area contributed by atoms with Gasteiger partial charge in [-0.1, -0.05) is 200 Å². The molecule has 13 aromatic rings. The maximum absolute atomic E-state index is 2.48. The van der Waals surface area contributed by atoms with E-state index >= 15 is 0 Å². The zero-order valence-corrected chi connectivity index (χ0v) is 37.9. The van der Waals surface area contributed by atoms with Crippen LogP contribution in [0.15, 0.2) is 255 Å². The number of hydrogen-bond donors (Lipinski definition) is 0. The molecule has 14 rings (SSSR count). The van der Waals surface area contributed by atoms with Crippen LogP contribution in [0.3, 0.4) is 0 Å². The molecule has 68 heavy (non-hydrogen) atoms. The van der Waals surface area contributed by atoms with E-state index in [0.717, 1.165) is 22.7 Å². The van der Waals surface area contributed by atoms with Gasteiger partial charge in [-0.25, -0.2) is 0 Å². The van der Waals surface area contributed by atoms with Crippen LogP contribution in [-0.4, -0.2) is 4.57 Å². The number of rotatable bonds is 7. The van der Waals surface area contributed by atoms with E-state index in [1.54, 1.807) is 0 Å². The predicted molar refractivity (Wildman–Crippen MR) is 289 cm³/mol. The summed E-state index contributed by atoms with van der Waals surface area (Å²) in [5.41, 5.74) is 16.4. The van der Waals surface area contributed by atoms with Crippen LogP contribution in [0.1, 0.15) is 22.3 Å². The third kappa shape index (κ3) is 5.63. The van der Waals surface area contributed by atoms with Crippen molar-refractivity contribution in [2.45, 2.75) is 5.41 Å². The molecule has 0 unspecified atom stereocenters. The molecule has 2 heterocycles. The van der Waals surface area contributed by atoms with E-state index in [-0.39, 0.29) is 0 Å². The quantitative estimate of drug-likeness (QED) is 0.155. The number of hydrogen-bond acceptors (Lipinski definition) is 2. The highest BCUT2D eigenvalue weighted by Crippen LogP contribution is 2.59. The number of thiophene rings is 1. The maximum Gasteiger partial charge on any atom is 0.0714 e. The number of aromatic nitrogens is 1. The van der Waals surface area contributed by atoms with E-state index in [9.17, 15) is 0 Å². The molecular weight excluding hydrogens is 841 g/mol. The lowest BCUT2D eigenvalue weighted by Gasteiger charge is -2.34. The summed E-state index contributed by atoms with van der Waals surface area (Å²) in [4.78, 5) is 2.48. The third-order valence-electron chi connectivity index (χ3n) is 14.5. The largest absolute Gasteiger partial charge is 0.310 e. The minimum absolute atomic E-state index is 0.519. The second-order valence-electron chi connectivity index (χ2n) is 17.9. The van der Waals surface area contributed by atoms with Crippen molar-refractivity contribution in [3.05, 3.63) is 277 Å². The van der Waals surface area contributed by atoms with Crippen LogP contribution >= 0.6 is 11.3 Å². The van der Waals surface area contributed by atoms with Crippen LogP contribution in [0, 0.1) is 0 Å². The van der Waals surface area contributed by atoms with E-state index in [1.807, 2.05) is 11.3 Å². The molecule has 0 fully saturated rings. The molecule has 11 aromatic carbocycles. The van der Waals surface area contributed by atoms with Crippen molar-refractivity contribution in [1.29, 1.82) is 0 Å². The molecule has 0 bridgehead atoms. The SMILES string of the molecule is c1ccc(C2(c3ccccc3)c3ccccc3-c3c(N(c4ccc(-c5cccc6c5sc5c7ccccc7ccc65)cc4)c4ccc(-n5c6ccccc6c6ccccc65)cc4)cccc32)cc1. The van der Waals surface area contributed by atoms with Gasteiger partial charge in [-0.2, -0.15) is 0 Å². The van der Waals surface area contributed by atoms with Crippen LogP contribution in [0.5, 0.6) is 0 Å². The van der Waals surface area contributed by atoms with E-state index in [2.05, 4.69) is 264 Å². The monoisotopic (exact) mass is 882 g/mol. The molecule has 0 atom stereocenters. The summed E-state index contributed by atoms with van der Waals surface area (Å²) in [6, 6.07) is 94.2. The smallest absolute Gasteiger partial charge is 0.0714 e. The summed E-state index contributed by atoms with van der Waals surface area (Å²) < 4.78 is 5.06. The van der Waals surface area contributed by atoms with Gasteiger partial charge < -0.3 is 9.47 Å². The first-order chi connectivity index (χ1) is 33.8. The molecule has 0 N–H and O–H groups in total. The minimum atomic E-state index is -0.519. The van der Waals surface area contributed by atoms with Gasteiger partial charge in [-0.15, -0.1) is 11.3 Å². The highest BCUT2D eigenvalue weighted by Gasteiger charge is 2.47. The van der Waals surface area contributed by atoms with Crippen molar-refractivity contribution in [3.8, 4) is 27.9 Å². The molecule has 1 aliphatic carbocycles. The van der Waals surface area contributed by atoms with Crippen LogP contribution in [-0.2, 0) is 5.41 Å². The Morgan fingerprint density at radius 1 is 0.353 bits per heavy atom. The Morgan fingerprint density at radius 3 is 1.59 bits per heavy atom. The van der Waals surface area contributed by atoms with Gasteiger partial charge in [0.05, 0.1) is 22.1 Å². The average molecular weight is 883 g/mol.